The Labute approximate surface area is 121 Å². The maximum Gasteiger partial charge on any atom is 0.118 e. The van der Waals surface area contributed by atoms with Gasteiger partial charge in [0, 0.05) is 12.6 Å². The van der Waals surface area contributed by atoms with Crippen LogP contribution in [-0.4, -0.2) is 13.7 Å². The van der Waals surface area contributed by atoms with E-state index < -0.39 is 0 Å². The molecule has 1 atom stereocenters. The van der Waals surface area contributed by atoms with Gasteiger partial charge in [-0.15, -0.1) is 0 Å². The zero-order valence-electron chi connectivity index (χ0n) is 12.0. The van der Waals surface area contributed by atoms with Crippen molar-refractivity contribution in [3.05, 3.63) is 71.8 Å². The minimum absolute atomic E-state index is 0.321. The highest BCUT2D eigenvalue weighted by atomic mass is 16.5. The molecule has 0 aliphatic rings. The molecule has 2 aromatic carbocycles. The molecule has 0 fully saturated rings. The quantitative estimate of drug-likeness (QED) is 0.852. The van der Waals surface area contributed by atoms with Crippen LogP contribution in [0.4, 0.5) is 0 Å². The molecule has 0 bridgehead atoms. The minimum atomic E-state index is 0.321. The van der Waals surface area contributed by atoms with Gasteiger partial charge in [0.25, 0.3) is 0 Å². The van der Waals surface area contributed by atoms with E-state index in [2.05, 4.69) is 48.7 Å². The molecule has 104 valence electrons. The van der Waals surface area contributed by atoms with Crippen LogP contribution in [0.25, 0.3) is 6.08 Å². The van der Waals surface area contributed by atoms with E-state index in [1.54, 1.807) is 7.11 Å². The maximum absolute atomic E-state index is 5.16. The van der Waals surface area contributed by atoms with Crippen LogP contribution in [0.1, 0.15) is 24.1 Å². The summed E-state index contributed by atoms with van der Waals surface area (Å²) in [6, 6.07) is 18.8. The lowest BCUT2D eigenvalue weighted by Crippen LogP contribution is -2.18. The van der Waals surface area contributed by atoms with Crippen LogP contribution in [0, 0.1) is 0 Å². The molecule has 0 unspecified atom stereocenters. The smallest absolute Gasteiger partial charge is 0.118 e. The molecule has 2 rings (SSSR count). The minimum Gasteiger partial charge on any atom is -0.497 e. The number of ether oxygens (including phenoxy) is 1. The van der Waals surface area contributed by atoms with Crippen LogP contribution in [0.15, 0.2) is 60.7 Å². The SMILES string of the molecule is COc1ccc([C@H](C)NC/C=C/c2ccccc2)cc1. The van der Waals surface area contributed by atoms with Crippen molar-refractivity contribution in [1.29, 1.82) is 0 Å². The first-order valence-electron chi connectivity index (χ1n) is 6.88. The Bertz CT molecular complexity index is 531. The molecule has 20 heavy (non-hydrogen) atoms. The van der Waals surface area contributed by atoms with E-state index in [1.165, 1.54) is 11.1 Å². The summed E-state index contributed by atoms with van der Waals surface area (Å²) in [6.07, 6.45) is 4.28. The second kappa shape index (κ2) is 7.51. The Morgan fingerprint density at radius 1 is 1.05 bits per heavy atom. The van der Waals surface area contributed by atoms with Gasteiger partial charge in [0.2, 0.25) is 0 Å². The van der Waals surface area contributed by atoms with E-state index in [1.807, 2.05) is 30.3 Å². The summed E-state index contributed by atoms with van der Waals surface area (Å²) in [5.41, 5.74) is 2.49. The number of nitrogens with one attached hydrogen (secondary N) is 1. The highest BCUT2D eigenvalue weighted by Crippen LogP contribution is 2.16. The van der Waals surface area contributed by atoms with Gasteiger partial charge in [0.05, 0.1) is 7.11 Å². The third-order valence-corrected chi connectivity index (χ3v) is 3.27. The van der Waals surface area contributed by atoms with Gasteiger partial charge in [-0.1, -0.05) is 54.6 Å². The molecule has 0 amide bonds. The van der Waals surface area contributed by atoms with Crippen molar-refractivity contribution in [2.45, 2.75) is 13.0 Å². The molecule has 0 aliphatic heterocycles. The highest BCUT2D eigenvalue weighted by molar-refractivity contribution is 5.48. The highest BCUT2D eigenvalue weighted by Gasteiger charge is 2.03. The fraction of sp³-hybridized carbons (Fsp3) is 0.222. The van der Waals surface area contributed by atoms with Crippen molar-refractivity contribution in [3.8, 4) is 5.75 Å². The van der Waals surface area contributed by atoms with E-state index >= 15 is 0 Å². The zero-order chi connectivity index (χ0) is 14.2. The fourth-order valence-electron chi connectivity index (χ4n) is 2.01. The summed E-state index contributed by atoms with van der Waals surface area (Å²) in [7, 11) is 1.69. The average molecular weight is 267 g/mol. The first-order chi connectivity index (χ1) is 9.79. The van der Waals surface area contributed by atoms with Gasteiger partial charge < -0.3 is 10.1 Å². The van der Waals surface area contributed by atoms with E-state index in [0.717, 1.165) is 12.3 Å². The van der Waals surface area contributed by atoms with Crippen LogP contribution >= 0.6 is 0 Å². The van der Waals surface area contributed by atoms with Crippen LogP contribution in [0.3, 0.4) is 0 Å². The van der Waals surface area contributed by atoms with Crippen molar-refractivity contribution >= 4 is 6.08 Å². The van der Waals surface area contributed by atoms with Gasteiger partial charge in [0.15, 0.2) is 0 Å². The maximum atomic E-state index is 5.16. The van der Waals surface area contributed by atoms with Gasteiger partial charge >= 0.3 is 0 Å². The summed E-state index contributed by atoms with van der Waals surface area (Å²) in [6.45, 7) is 3.01. The number of hydrogen-bond donors (Lipinski definition) is 1. The summed E-state index contributed by atoms with van der Waals surface area (Å²) in [4.78, 5) is 0. The van der Waals surface area contributed by atoms with Crippen molar-refractivity contribution < 1.29 is 4.74 Å². The Morgan fingerprint density at radius 2 is 1.75 bits per heavy atom. The van der Waals surface area contributed by atoms with E-state index in [9.17, 15) is 0 Å². The third kappa shape index (κ3) is 4.25. The molecule has 2 nitrogen and oxygen atoms in total. The monoisotopic (exact) mass is 267 g/mol. The summed E-state index contributed by atoms with van der Waals surface area (Å²) >= 11 is 0. The molecular weight excluding hydrogens is 246 g/mol. The van der Waals surface area contributed by atoms with E-state index in [0.29, 0.717) is 6.04 Å². The summed E-state index contributed by atoms with van der Waals surface area (Å²) in [5.74, 6) is 0.893. The van der Waals surface area contributed by atoms with Crippen LogP contribution < -0.4 is 10.1 Å². The number of benzene rings is 2. The Morgan fingerprint density at radius 3 is 2.40 bits per heavy atom. The number of hydrogen-bond acceptors (Lipinski definition) is 2. The van der Waals surface area contributed by atoms with Gasteiger partial charge in [-0.25, -0.2) is 0 Å². The molecule has 0 radical (unpaired) electrons. The lowest BCUT2D eigenvalue weighted by molar-refractivity contribution is 0.414. The molecule has 0 saturated heterocycles. The lowest BCUT2D eigenvalue weighted by Gasteiger charge is -2.13. The predicted molar refractivity (Wildman–Crippen MR) is 84.9 cm³/mol. The van der Waals surface area contributed by atoms with Crippen LogP contribution in [-0.2, 0) is 0 Å². The van der Waals surface area contributed by atoms with Crippen LogP contribution in [0.5, 0.6) is 5.75 Å². The van der Waals surface area contributed by atoms with Crippen molar-refractivity contribution in [2.24, 2.45) is 0 Å². The van der Waals surface area contributed by atoms with Gasteiger partial charge in [-0.2, -0.15) is 0 Å². The van der Waals surface area contributed by atoms with E-state index in [-0.39, 0.29) is 0 Å². The largest absolute Gasteiger partial charge is 0.497 e. The molecule has 0 aromatic heterocycles. The number of rotatable bonds is 6. The average Bonchev–Trinajstić information content (AvgIpc) is 2.52. The van der Waals surface area contributed by atoms with Crippen molar-refractivity contribution in [1.82, 2.24) is 5.32 Å². The third-order valence-electron chi connectivity index (χ3n) is 3.27. The lowest BCUT2D eigenvalue weighted by atomic mass is 10.1. The molecule has 0 saturated carbocycles. The normalized spacial score (nSPS) is 12.5. The molecule has 2 heteroatoms. The molecular formula is C18H21NO. The topological polar surface area (TPSA) is 21.3 Å². The second-order valence-corrected chi connectivity index (χ2v) is 4.72. The fourth-order valence-corrected chi connectivity index (χ4v) is 2.01. The second-order valence-electron chi connectivity index (χ2n) is 4.72. The van der Waals surface area contributed by atoms with Gasteiger partial charge in [-0.3, -0.25) is 0 Å². The van der Waals surface area contributed by atoms with Gasteiger partial charge in [0.1, 0.15) is 5.75 Å². The first kappa shape index (κ1) is 14.4. The van der Waals surface area contributed by atoms with Crippen molar-refractivity contribution in [2.75, 3.05) is 13.7 Å². The zero-order valence-corrected chi connectivity index (χ0v) is 12.0. The Balaban J connectivity index is 1.82. The summed E-state index contributed by atoms with van der Waals surface area (Å²) < 4.78 is 5.16. The standard InChI is InChI=1S/C18H21NO/c1-15(17-10-12-18(20-2)13-11-17)19-14-6-9-16-7-4-3-5-8-16/h3-13,15,19H,14H2,1-2H3/b9-6+/t15-/m0/s1. The van der Waals surface area contributed by atoms with Crippen LogP contribution in [0.2, 0.25) is 0 Å². The molecule has 1 N–H and O–H groups in total. The van der Waals surface area contributed by atoms with Crippen molar-refractivity contribution in [3.63, 3.8) is 0 Å². The Kier molecular flexibility index (Phi) is 5.39. The summed E-state index contributed by atoms with van der Waals surface area (Å²) in [5, 5.41) is 3.48. The Hall–Kier alpha value is -2.06. The first-order valence-corrected chi connectivity index (χ1v) is 6.88. The number of methoxy groups -OCH3 is 1. The van der Waals surface area contributed by atoms with Gasteiger partial charge in [-0.05, 0) is 30.2 Å². The molecule has 0 aliphatic carbocycles. The predicted octanol–water partition coefficient (Wildman–Crippen LogP) is 4.06. The molecule has 0 spiro atoms. The molecule has 2 aromatic rings. The molecule has 0 heterocycles. The van der Waals surface area contributed by atoms with E-state index in [4.69, 9.17) is 4.74 Å².